The van der Waals surface area contributed by atoms with Gasteiger partial charge in [-0.15, -0.1) is 0 Å². The summed E-state index contributed by atoms with van der Waals surface area (Å²) < 4.78 is 0. The summed E-state index contributed by atoms with van der Waals surface area (Å²) in [4.78, 5) is 16.2. The molecule has 1 heterocycles. The molecule has 2 rings (SSSR count). The molecule has 0 aliphatic rings. The number of anilines is 1. The molecule has 1 aromatic carbocycles. The fourth-order valence-electron chi connectivity index (χ4n) is 1.84. The molecule has 0 atom stereocenters. The third kappa shape index (κ3) is 5.04. The van der Waals surface area contributed by atoms with Crippen molar-refractivity contribution in [2.45, 2.75) is 32.9 Å². The second-order valence-corrected chi connectivity index (χ2v) is 6.55. The summed E-state index contributed by atoms with van der Waals surface area (Å²) >= 11 is 5.85. The number of nitrogens with one attached hydrogen (secondary N) is 2. The molecule has 0 unspecified atom stereocenters. The zero-order valence-corrected chi connectivity index (χ0v) is 13.7. The molecule has 0 aliphatic heterocycles. The Morgan fingerprint density at radius 2 is 1.82 bits per heavy atom. The van der Waals surface area contributed by atoms with Gasteiger partial charge in [0, 0.05) is 17.1 Å². The second kappa shape index (κ2) is 6.79. The minimum atomic E-state index is -0.274. The Kier molecular flexibility index (Phi) is 5.03. The number of rotatable bonds is 4. The van der Waals surface area contributed by atoms with Gasteiger partial charge in [-0.25, -0.2) is 4.98 Å². The highest BCUT2D eigenvalue weighted by atomic mass is 35.5. The minimum Gasteiger partial charge on any atom is -0.380 e. The summed E-state index contributed by atoms with van der Waals surface area (Å²) in [7, 11) is 0. The van der Waals surface area contributed by atoms with Crippen molar-refractivity contribution in [3.8, 4) is 0 Å². The van der Waals surface area contributed by atoms with E-state index in [1.165, 1.54) is 0 Å². The first kappa shape index (κ1) is 16.3. The van der Waals surface area contributed by atoms with Crippen LogP contribution in [0.5, 0.6) is 0 Å². The number of hydrogen-bond acceptors (Lipinski definition) is 3. The number of carbonyl (C=O) groups excluding carboxylic acids is 1. The monoisotopic (exact) mass is 317 g/mol. The lowest BCUT2D eigenvalue weighted by Gasteiger charge is -2.20. The summed E-state index contributed by atoms with van der Waals surface area (Å²) in [5.41, 5.74) is 2.12. The fourth-order valence-corrected chi connectivity index (χ4v) is 1.97. The lowest BCUT2D eigenvalue weighted by atomic mass is 10.1. The average Bonchev–Trinajstić information content (AvgIpc) is 2.45. The smallest absolute Gasteiger partial charge is 0.270 e. The standard InChI is InChI=1S/C17H20ClN3O/c1-17(2,3)21-16(22)15-9-8-14(11-20-15)19-10-12-4-6-13(18)7-5-12/h4-9,11,19H,10H2,1-3H3,(H,21,22). The van der Waals surface area contributed by atoms with E-state index in [1.807, 2.05) is 51.1 Å². The number of hydrogen-bond donors (Lipinski definition) is 2. The normalized spacial score (nSPS) is 11.1. The van der Waals surface area contributed by atoms with Gasteiger partial charge < -0.3 is 10.6 Å². The maximum Gasteiger partial charge on any atom is 0.270 e. The van der Waals surface area contributed by atoms with Crippen molar-refractivity contribution in [1.82, 2.24) is 10.3 Å². The van der Waals surface area contributed by atoms with Gasteiger partial charge >= 0.3 is 0 Å². The van der Waals surface area contributed by atoms with Crippen LogP contribution in [0.4, 0.5) is 5.69 Å². The third-order valence-corrected chi connectivity index (χ3v) is 3.15. The van der Waals surface area contributed by atoms with E-state index in [2.05, 4.69) is 15.6 Å². The maximum atomic E-state index is 12.0. The highest BCUT2D eigenvalue weighted by Gasteiger charge is 2.15. The molecular formula is C17H20ClN3O. The van der Waals surface area contributed by atoms with Gasteiger partial charge in [0.15, 0.2) is 0 Å². The van der Waals surface area contributed by atoms with E-state index in [9.17, 15) is 4.79 Å². The number of benzene rings is 1. The number of carbonyl (C=O) groups is 1. The lowest BCUT2D eigenvalue weighted by Crippen LogP contribution is -2.40. The van der Waals surface area contributed by atoms with Crippen molar-refractivity contribution in [3.63, 3.8) is 0 Å². The van der Waals surface area contributed by atoms with Crippen LogP contribution in [-0.4, -0.2) is 16.4 Å². The first-order chi connectivity index (χ1) is 10.3. The van der Waals surface area contributed by atoms with E-state index >= 15 is 0 Å². The predicted molar refractivity (Wildman–Crippen MR) is 90.2 cm³/mol. The van der Waals surface area contributed by atoms with Crippen molar-refractivity contribution in [1.29, 1.82) is 0 Å². The van der Waals surface area contributed by atoms with Gasteiger partial charge in [-0.1, -0.05) is 23.7 Å². The molecule has 0 fully saturated rings. The quantitative estimate of drug-likeness (QED) is 0.900. The van der Waals surface area contributed by atoms with Gasteiger partial charge in [0.2, 0.25) is 0 Å². The van der Waals surface area contributed by atoms with E-state index in [4.69, 9.17) is 11.6 Å². The zero-order chi connectivity index (χ0) is 16.2. The van der Waals surface area contributed by atoms with Crippen LogP contribution in [0, 0.1) is 0 Å². The van der Waals surface area contributed by atoms with Crippen molar-refractivity contribution in [2.24, 2.45) is 0 Å². The van der Waals surface area contributed by atoms with Crippen LogP contribution >= 0.6 is 11.6 Å². The molecule has 0 saturated heterocycles. The Morgan fingerprint density at radius 3 is 2.36 bits per heavy atom. The number of nitrogens with zero attached hydrogens (tertiary/aromatic N) is 1. The molecule has 0 radical (unpaired) electrons. The molecule has 4 nitrogen and oxygen atoms in total. The van der Waals surface area contributed by atoms with Gasteiger partial charge in [0.25, 0.3) is 5.91 Å². The molecule has 1 amide bonds. The van der Waals surface area contributed by atoms with E-state index in [0.717, 1.165) is 16.3 Å². The molecule has 2 N–H and O–H groups in total. The summed E-state index contributed by atoms with van der Waals surface area (Å²) in [6.07, 6.45) is 1.66. The van der Waals surface area contributed by atoms with Gasteiger partial charge in [0.1, 0.15) is 5.69 Å². The molecule has 2 aromatic rings. The van der Waals surface area contributed by atoms with E-state index in [0.29, 0.717) is 12.2 Å². The summed E-state index contributed by atoms with van der Waals surface area (Å²) in [6, 6.07) is 11.2. The largest absolute Gasteiger partial charge is 0.380 e. The van der Waals surface area contributed by atoms with Gasteiger partial charge in [-0.3, -0.25) is 4.79 Å². The molecule has 5 heteroatoms. The molecule has 22 heavy (non-hydrogen) atoms. The Hall–Kier alpha value is -2.07. The summed E-state index contributed by atoms with van der Waals surface area (Å²) in [5, 5.41) is 6.86. The molecule has 0 bridgehead atoms. The van der Waals surface area contributed by atoms with Gasteiger partial charge in [-0.2, -0.15) is 0 Å². The van der Waals surface area contributed by atoms with Crippen LogP contribution in [0.3, 0.4) is 0 Å². The van der Waals surface area contributed by atoms with Crippen LogP contribution in [-0.2, 0) is 6.54 Å². The molecule has 0 spiro atoms. The molecule has 0 aliphatic carbocycles. The lowest BCUT2D eigenvalue weighted by molar-refractivity contribution is 0.0914. The number of amides is 1. The van der Waals surface area contributed by atoms with E-state index in [-0.39, 0.29) is 11.4 Å². The van der Waals surface area contributed by atoms with E-state index < -0.39 is 0 Å². The molecule has 116 valence electrons. The van der Waals surface area contributed by atoms with Crippen molar-refractivity contribution in [3.05, 3.63) is 58.9 Å². The van der Waals surface area contributed by atoms with Crippen molar-refractivity contribution in [2.75, 3.05) is 5.32 Å². The zero-order valence-electron chi connectivity index (χ0n) is 13.0. The topological polar surface area (TPSA) is 54.0 Å². The average molecular weight is 318 g/mol. The highest BCUT2D eigenvalue weighted by molar-refractivity contribution is 6.30. The van der Waals surface area contributed by atoms with E-state index in [1.54, 1.807) is 12.3 Å². The molecule has 0 saturated carbocycles. The number of pyridine rings is 1. The summed E-state index contributed by atoms with van der Waals surface area (Å²) in [5.74, 6) is -0.170. The molecule has 1 aromatic heterocycles. The van der Waals surface area contributed by atoms with Crippen molar-refractivity contribution < 1.29 is 4.79 Å². The number of aromatic nitrogens is 1. The first-order valence-electron chi connectivity index (χ1n) is 7.10. The van der Waals surface area contributed by atoms with Crippen LogP contribution < -0.4 is 10.6 Å². The van der Waals surface area contributed by atoms with Gasteiger partial charge in [0.05, 0.1) is 11.9 Å². The number of halogens is 1. The second-order valence-electron chi connectivity index (χ2n) is 6.12. The summed E-state index contributed by atoms with van der Waals surface area (Å²) in [6.45, 7) is 6.49. The molecular weight excluding hydrogens is 298 g/mol. The predicted octanol–water partition coefficient (Wildman–Crippen LogP) is 3.88. The Morgan fingerprint density at radius 1 is 1.14 bits per heavy atom. The third-order valence-electron chi connectivity index (χ3n) is 2.89. The van der Waals surface area contributed by atoms with Crippen LogP contribution in [0.15, 0.2) is 42.6 Å². The minimum absolute atomic E-state index is 0.170. The van der Waals surface area contributed by atoms with Crippen molar-refractivity contribution >= 4 is 23.2 Å². The Labute approximate surface area is 135 Å². The van der Waals surface area contributed by atoms with Gasteiger partial charge in [-0.05, 0) is 50.6 Å². The fraction of sp³-hybridized carbons (Fsp3) is 0.294. The highest BCUT2D eigenvalue weighted by Crippen LogP contribution is 2.12. The Balaban J connectivity index is 1.94. The van der Waals surface area contributed by atoms with Crippen LogP contribution in [0.2, 0.25) is 5.02 Å². The first-order valence-corrected chi connectivity index (χ1v) is 7.48. The van der Waals surface area contributed by atoms with Crippen LogP contribution in [0.1, 0.15) is 36.8 Å². The van der Waals surface area contributed by atoms with Crippen LogP contribution in [0.25, 0.3) is 0 Å². The SMILES string of the molecule is CC(C)(C)NC(=O)c1ccc(NCc2ccc(Cl)cc2)cn1. The maximum absolute atomic E-state index is 12.0. The Bertz CT molecular complexity index is 630.